The average Bonchev–Trinajstić information content (AvgIpc) is 3.05. The quantitative estimate of drug-likeness (QED) is 0.781. The fraction of sp³-hybridized carbons (Fsp3) is 0.391. The van der Waals surface area contributed by atoms with E-state index in [-0.39, 0.29) is 11.7 Å². The number of carbonyl (C=O) groups is 2. The minimum absolute atomic E-state index is 0.00641. The number of amides is 1. The van der Waals surface area contributed by atoms with E-state index in [1.165, 1.54) is 5.56 Å². The Balaban J connectivity index is 1.59. The number of carbonyl (C=O) groups excluding carboxylic acids is 2. The van der Waals surface area contributed by atoms with Crippen LogP contribution >= 0.6 is 0 Å². The highest BCUT2D eigenvalue weighted by atomic mass is 16.2. The molecule has 1 amide bonds. The number of aromatic nitrogens is 1. The second-order valence-electron chi connectivity index (χ2n) is 7.29. The number of nitrogens with one attached hydrogen (secondary N) is 1. The number of aryl methyl sites for hydroxylation is 1. The smallest absolute Gasteiger partial charge is 0.270 e. The standard InChI is InChI=1S/C23H29N3O2/c1-4-20-21(18(3)27)17(2)24-22(20)23(28)26-15-13-25(14-16-26)12-8-11-19-9-6-5-7-10-19/h5-11,24H,4,12-16H2,1-3H3. The van der Waals surface area contributed by atoms with E-state index in [0.29, 0.717) is 30.8 Å². The SMILES string of the molecule is CCc1c(C(=O)N2CCN(CC=Cc3ccccc3)CC2)[nH]c(C)c1C(C)=O. The van der Waals surface area contributed by atoms with Crippen molar-refractivity contribution in [2.75, 3.05) is 32.7 Å². The molecule has 148 valence electrons. The Morgan fingerprint density at radius 3 is 2.39 bits per heavy atom. The Kier molecular flexibility index (Phi) is 6.47. The van der Waals surface area contributed by atoms with E-state index in [2.05, 4.69) is 34.2 Å². The molecule has 3 rings (SSSR count). The molecule has 2 aromatic rings. The van der Waals surface area contributed by atoms with Gasteiger partial charge >= 0.3 is 0 Å². The number of piperazine rings is 1. The first kappa shape index (κ1) is 20.1. The van der Waals surface area contributed by atoms with Gasteiger partial charge in [0.1, 0.15) is 5.69 Å². The maximum absolute atomic E-state index is 13.0. The first-order valence-electron chi connectivity index (χ1n) is 9.96. The van der Waals surface area contributed by atoms with Crippen LogP contribution in [0.2, 0.25) is 0 Å². The van der Waals surface area contributed by atoms with E-state index < -0.39 is 0 Å². The van der Waals surface area contributed by atoms with E-state index in [1.54, 1.807) is 6.92 Å². The number of aromatic amines is 1. The lowest BCUT2D eigenvalue weighted by atomic mass is 10.0. The van der Waals surface area contributed by atoms with Crippen LogP contribution < -0.4 is 0 Å². The van der Waals surface area contributed by atoms with Crippen LogP contribution in [0.3, 0.4) is 0 Å². The highest BCUT2D eigenvalue weighted by molar-refractivity contribution is 6.02. The number of H-pyrrole nitrogens is 1. The molecule has 0 radical (unpaired) electrons. The molecule has 5 heteroatoms. The molecule has 1 aliphatic rings. The molecule has 1 aromatic carbocycles. The van der Waals surface area contributed by atoms with E-state index >= 15 is 0 Å². The number of nitrogens with zero attached hydrogens (tertiary/aromatic N) is 2. The van der Waals surface area contributed by atoms with Gasteiger partial charge in [0.05, 0.1) is 0 Å². The second-order valence-corrected chi connectivity index (χ2v) is 7.29. The van der Waals surface area contributed by atoms with Crippen LogP contribution in [0.1, 0.15) is 51.5 Å². The molecule has 0 unspecified atom stereocenters. The monoisotopic (exact) mass is 379 g/mol. The first-order chi connectivity index (χ1) is 13.5. The van der Waals surface area contributed by atoms with Crippen LogP contribution in [-0.2, 0) is 6.42 Å². The van der Waals surface area contributed by atoms with Crippen molar-refractivity contribution in [3.63, 3.8) is 0 Å². The zero-order chi connectivity index (χ0) is 20.1. The third-order valence-corrected chi connectivity index (χ3v) is 5.34. The van der Waals surface area contributed by atoms with Gasteiger partial charge in [-0.3, -0.25) is 14.5 Å². The van der Waals surface area contributed by atoms with Gasteiger partial charge in [0, 0.05) is 44.0 Å². The van der Waals surface area contributed by atoms with Gasteiger partial charge in [-0.05, 0) is 31.4 Å². The molecular formula is C23H29N3O2. The summed E-state index contributed by atoms with van der Waals surface area (Å²) in [5.41, 5.74) is 4.10. The molecule has 28 heavy (non-hydrogen) atoms. The zero-order valence-electron chi connectivity index (χ0n) is 17.0. The van der Waals surface area contributed by atoms with Crippen LogP contribution in [0.25, 0.3) is 6.08 Å². The number of Topliss-reactive ketones (excluding diaryl/α,β-unsaturated/α-hetero) is 1. The maximum Gasteiger partial charge on any atom is 0.270 e. The molecule has 0 bridgehead atoms. The average molecular weight is 380 g/mol. The van der Waals surface area contributed by atoms with E-state index in [1.807, 2.05) is 36.9 Å². The Bertz CT molecular complexity index is 859. The first-order valence-corrected chi connectivity index (χ1v) is 9.96. The van der Waals surface area contributed by atoms with Crippen molar-refractivity contribution in [2.24, 2.45) is 0 Å². The lowest BCUT2D eigenvalue weighted by molar-refractivity contribution is 0.0644. The molecule has 1 saturated heterocycles. The predicted octanol–water partition coefficient (Wildman–Crippen LogP) is 3.56. The molecule has 0 saturated carbocycles. The molecule has 5 nitrogen and oxygen atoms in total. The molecule has 0 spiro atoms. The van der Waals surface area contributed by atoms with Crippen molar-refractivity contribution >= 4 is 17.8 Å². The maximum atomic E-state index is 13.0. The minimum Gasteiger partial charge on any atom is -0.354 e. The van der Waals surface area contributed by atoms with Gasteiger partial charge in [0.15, 0.2) is 5.78 Å². The Hall–Kier alpha value is -2.66. The highest BCUT2D eigenvalue weighted by Crippen LogP contribution is 2.22. The molecule has 1 aliphatic heterocycles. The van der Waals surface area contributed by atoms with Gasteiger partial charge < -0.3 is 9.88 Å². The molecule has 1 N–H and O–H groups in total. The van der Waals surface area contributed by atoms with Crippen molar-refractivity contribution < 1.29 is 9.59 Å². The fourth-order valence-corrected chi connectivity index (χ4v) is 3.88. The van der Waals surface area contributed by atoms with E-state index in [0.717, 1.165) is 30.9 Å². The Labute approximate surface area is 167 Å². The van der Waals surface area contributed by atoms with E-state index in [4.69, 9.17) is 0 Å². The fourth-order valence-electron chi connectivity index (χ4n) is 3.88. The lowest BCUT2D eigenvalue weighted by Crippen LogP contribution is -2.48. The summed E-state index contributed by atoms with van der Waals surface area (Å²) >= 11 is 0. The predicted molar refractivity (Wildman–Crippen MR) is 113 cm³/mol. The summed E-state index contributed by atoms with van der Waals surface area (Å²) in [5.74, 6) is 0.0200. The largest absolute Gasteiger partial charge is 0.354 e. The minimum atomic E-state index is 0.00641. The second kappa shape index (κ2) is 9.02. The third kappa shape index (κ3) is 4.42. The van der Waals surface area contributed by atoms with Gasteiger partial charge in [-0.2, -0.15) is 0 Å². The Morgan fingerprint density at radius 1 is 1.11 bits per heavy atom. The summed E-state index contributed by atoms with van der Waals surface area (Å²) in [6.45, 7) is 9.41. The van der Waals surface area contributed by atoms with Crippen LogP contribution in [-0.4, -0.2) is 59.2 Å². The normalized spacial score (nSPS) is 15.3. The van der Waals surface area contributed by atoms with Crippen molar-refractivity contribution in [1.29, 1.82) is 0 Å². The summed E-state index contributed by atoms with van der Waals surface area (Å²) in [6, 6.07) is 10.3. The summed E-state index contributed by atoms with van der Waals surface area (Å²) in [4.78, 5) is 32.4. The summed E-state index contributed by atoms with van der Waals surface area (Å²) < 4.78 is 0. The van der Waals surface area contributed by atoms with Gasteiger partial charge in [0.2, 0.25) is 0 Å². The molecule has 1 fully saturated rings. The van der Waals surface area contributed by atoms with Gasteiger partial charge in [0.25, 0.3) is 5.91 Å². The van der Waals surface area contributed by atoms with Gasteiger partial charge in [-0.15, -0.1) is 0 Å². The summed E-state index contributed by atoms with van der Waals surface area (Å²) in [5, 5.41) is 0. The molecule has 2 heterocycles. The number of rotatable bonds is 6. The molecular weight excluding hydrogens is 350 g/mol. The van der Waals surface area contributed by atoms with Crippen LogP contribution in [0, 0.1) is 6.92 Å². The lowest BCUT2D eigenvalue weighted by Gasteiger charge is -2.34. The zero-order valence-corrected chi connectivity index (χ0v) is 17.0. The number of ketones is 1. The van der Waals surface area contributed by atoms with Crippen molar-refractivity contribution in [2.45, 2.75) is 27.2 Å². The number of benzene rings is 1. The third-order valence-electron chi connectivity index (χ3n) is 5.34. The van der Waals surface area contributed by atoms with Crippen molar-refractivity contribution in [3.8, 4) is 0 Å². The van der Waals surface area contributed by atoms with Crippen LogP contribution in [0.4, 0.5) is 0 Å². The van der Waals surface area contributed by atoms with Crippen molar-refractivity contribution in [3.05, 3.63) is 64.5 Å². The molecule has 0 atom stereocenters. The van der Waals surface area contributed by atoms with E-state index in [9.17, 15) is 9.59 Å². The molecule has 0 aliphatic carbocycles. The number of hydrogen-bond acceptors (Lipinski definition) is 3. The molecule has 1 aromatic heterocycles. The number of hydrogen-bond donors (Lipinski definition) is 1. The summed E-state index contributed by atoms with van der Waals surface area (Å²) in [6.07, 6.45) is 4.98. The van der Waals surface area contributed by atoms with Crippen molar-refractivity contribution in [1.82, 2.24) is 14.8 Å². The summed E-state index contributed by atoms with van der Waals surface area (Å²) in [7, 11) is 0. The van der Waals surface area contributed by atoms with Crippen LogP contribution in [0.15, 0.2) is 36.4 Å². The van der Waals surface area contributed by atoms with Gasteiger partial charge in [-0.25, -0.2) is 0 Å². The Morgan fingerprint density at radius 2 is 1.79 bits per heavy atom. The highest BCUT2D eigenvalue weighted by Gasteiger charge is 2.27. The van der Waals surface area contributed by atoms with Gasteiger partial charge in [-0.1, -0.05) is 49.4 Å². The van der Waals surface area contributed by atoms with Crippen LogP contribution in [0.5, 0.6) is 0 Å². The topological polar surface area (TPSA) is 56.4 Å².